The van der Waals surface area contributed by atoms with Crippen LogP contribution in [0.4, 0.5) is 0 Å². The molecule has 0 spiro atoms. The Morgan fingerprint density at radius 2 is 1.52 bits per heavy atom. The first-order valence-corrected chi connectivity index (χ1v) is 8.31. The number of carbonyl (C=O) groups excluding carboxylic acids is 1. The first kappa shape index (κ1) is 15.8. The van der Waals surface area contributed by atoms with E-state index in [9.17, 15) is 4.79 Å². The van der Waals surface area contributed by atoms with E-state index in [-0.39, 0.29) is 0 Å². The van der Waals surface area contributed by atoms with Crippen molar-refractivity contribution in [2.24, 2.45) is 0 Å². The van der Waals surface area contributed by atoms with Crippen molar-refractivity contribution in [3.05, 3.63) is 47.5 Å². The van der Waals surface area contributed by atoms with Crippen molar-refractivity contribution in [2.45, 2.75) is 58.3 Å². The number of aldehydes is 1. The monoisotopic (exact) mass is 282 g/mol. The molecule has 0 unspecified atom stereocenters. The molecule has 21 heavy (non-hydrogen) atoms. The Balaban J connectivity index is 1.83. The van der Waals surface area contributed by atoms with Crippen LogP contribution >= 0.6 is 0 Å². The van der Waals surface area contributed by atoms with Gasteiger partial charge in [-0.1, -0.05) is 75.8 Å². The maximum Gasteiger partial charge on any atom is 0.150 e. The average Bonchev–Trinajstić information content (AvgIpc) is 2.53. The summed E-state index contributed by atoms with van der Waals surface area (Å²) < 4.78 is 0. The van der Waals surface area contributed by atoms with Gasteiger partial charge in [-0.15, -0.1) is 0 Å². The first-order valence-electron chi connectivity index (χ1n) is 8.31. The molecule has 0 amide bonds. The molecule has 0 aromatic heterocycles. The van der Waals surface area contributed by atoms with Gasteiger partial charge in [0.2, 0.25) is 0 Å². The van der Waals surface area contributed by atoms with E-state index >= 15 is 0 Å². The van der Waals surface area contributed by atoms with Crippen LogP contribution in [0.1, 0.15) is 67.8 Å². The topological polar surface area (TPSA) is 17.1 Å². The van der Waals surface area contributed by atoms with E-state index in [2.05, 4.69) is 25.1 Å². The smallest absolute Gasteiger partial charge is 0.150 e. The summed E-state index contributed by atoms with van der Waals surface area (Å²) in [5.74, 6) is 0. The normalized spacial score (nSPS) is 10.9. The minimum Gasteiger partial charge on any atom is -0.298 e. The molecular formula is C20H26O. The molecule has 0 saturated heterocycles. The summed E-state index contributed by atoms with van der Waals surface area (Å²) in [5.41, 5.74) is 2.15. The average molecular weight is 282 g/mol. The summed E-state index contributed by atoms with van der Waals surface area (Å²) in [6.07, 6.45) is 11.5. The molecule has 0 aliphatic rings. The SMILES string of the molecule is CCCCCCCCCc1ccc2ccc(C=O)cc2c1. The van der Waals surface area contributed by atoms with Crippen LogP contribution in [0.5, 0.6) is 0 Å². The van der Waals surface area contributed by atoms with Crippen molar-refractivity contribution in [3.8, 4) is 0 Å². The van der Waals surface area contributed by atoms with Gasteiger partial charge in [0.15, 0.2) is 0 Å². The van der Waals surface area contributed by atoms with E-state index in [4.69, 9.17) is 0 Å². The Bertz CT molecular complexity index is 571. The lowest BCUT2D eigenvalue weighted by Crippen LogP contribution is -1.88. The molecule has 0 saturated carbocycles. The van der Waals surface area contributed by atoms with E-state index in [0.29, 0.717) is 0 Å². The lowest BCUT2D eigenvalue weighted by molar-refractivity contribution is 0.112. The van der Waals surface area contributed by atoms with E-state index in [0.717, 1.165) is 18.3 Å². The maximum atomic E-state index is 10.9. The molecule has 1 heteroatoms. The molecule has 0 bridgehead atoms. The highest BCUT2D eigenvalue weighted by Gasteiger charge is 1.99. The Labute approximate surface area is 128 Å². The van der Waals surface area contributed by atoms with Crippen molar-refractivity contribution in [1.82, 2.24) is 0 Å². The molecule has 0 N–H and O–H groups in total. The third-order valence-corrected chi connectivity index (χ3v) is 4.13. The molecular weight excluding hydrogens is 256 g/mol. The quantitative estimate of drug-likeness (QED) is 0.410. The van der Waals surface area contributed by atoms with Gasteiger partial charge in [-0.3, -0.25) is 4.79 Å². The second kappa shape index (κ2) is 8.61. The largest absolute Gasteiger partial charge is 0.298 e. The number of fused-ring (bicyclic) bond motifs is 1. The lowest BCUT2D eigenvalue weighted by Gasteiger charge is -2.05. The zero-order valence-corrected chi connectivity index (χ0v) is 13.1. The summed E-state index contributed by atoms with van der Waals surface area (Å²) >= 11 is 0. The minimum atomic E-state index is 0.760. The standard InChI is InChI=1S/C20H26O/c1-2-3-4-5-6-7-8-9-17-10-12-19-13-11-18(16-21)15-20(19)14-17/h10-16H,2-9H2,1H3. The first-order chi connectivity index (χ1) is 10.3. The molecule has 0 aliphatic heterocycles. The second-order valence-corrected chi connectivity index (χ2v) is 5.93. The van der Waals surface area contributed by atoms with Gasteiger partial charge in [-0.05, 0) is 35.2 Å². The Morgan fingerprint density at radius 1 is 0.810 bits per heavy atom. The van der Waals surface area contributed by atoms with Gasteiger partial charge < -0.3 is 0 Å². The number of carbonyl (C=O) groups is 1. The third-order valence-electron chi connectivity index (χ3n) is 4.13. The summed E-state index contributed by atoms with van der Waals surface area (Å²) in [7, 11) is 0. The van der Waals surface area contributed by atoms with Crippen LogP contribution < -0.4 is 0 Å². The minimum absolute atomic E-state index is 0.760. The fourth-order valence-electron chi connectivity index (χ4n) is 2.83. The highest BCUT2D eigenvalue weighted by atomic mass is 16.1. The Morgan fingerprint density at radius 3 is 2.29 bits per heavy atom. The van der Waals surface area contributed by atoms with E-state index < -0.39 is 0 Å². The van der Waals surface area contributed by atoms with Crippen molar-refractivity contribution >= 4 is 17.1 Å². The number of unbranched alkanes of at least 4 members (excludes halogenated alkanes) is 6. The van der Waals surface area contributed by atoms with Crippen LogP contribution in [-0.2, 0) is 6.42 Å². The molecule has 2 aromatic rings. The second-order valence-electron chi connectivity index (χ2n) is 5.93. The van der Waals surface area contributed by atoms with Crippen molar-refractivity contribution in [2.75, 3.05) is 0 Å². The molecule has 0 atom stereocenters. The van der Waals surface area contributed by atoms with Crippen molar-refractivity contribution in [3.63, 3.8) is 0 Å². The fourth-order valence-corrected chi connectivity index (χ4v) is 2.83. The molecule has 112 valence electrons. The number of benzene rings is 2. The molecule has 2 aromatic carbocycles. The Hall–Kier alpha value is -1.63. The van der Waals surface area contributed by atoms with Gasteiger partial charge in [-0.2, -0.15) is 0 Å². The van der Waals surface area contributed by atoms with Crippen LogP contribution in [0.2, 0.25) is 0 Å². The number of hydrogen-bond acceptors (Lipinski definition) is 1. The van der Waals surface area contributed by atoms with Gasteiger partial charge in [0.25, 0.3) is 0 Å². The Kier molecular flexibility index (Phi) is 6.46. The fraction of sp³-hybridized carbons (Fsp3) is 0.450. The van der Waals surface area contributed by atoms with Crippen LogP contribution in [0.3, 0.4) is 0 Å². The van der Waals surface area contributed by atoms with Crippen LogP contribution in [0.15, 0.2) is 36.4 Å². The molecule has 1 nitrogen and oxygen atoms in total. The highest BCUT2D eigenvalue weighted by molar-refractivity contribution is 5.89. The van der Waals surface area contributed by atoms with Gasteiger partial charge >= 0.3 is 0 Å². The summed E-state index contributed by atoms with van der Waals surface area (Å²) in [4.78, 5) is 10.9. The molecule has 0 aliphatic carbocycles. The van der Waals surface area contributed by atoms with Gasteiger partial charge in [0.05, 0.1) is 0 Å². The van der Waals surface area contributed by atoms with Crippen molar-refractivity contribution < 1.29 is 4.79 Å². The summed E-state index contributed by atoms with van der Waals surface area (Å²) in [5, 5.41) is 2.39. The number of aryl methyl sites for hydroxylation is 1. The van der Waals surface area contributed by atoms with Gasteiger partial charge in [0.1, 0.15) is 6.29 Å². The molecule has 0 fully saturated rings. The zero-order valence-electron chi connectivity index (χ0n) is 13.1. The van der Waals surface area contributed by atoms with Crippen LogP contribution in [-0.4, -0.2) is 6.29 Å². The highest BCUT2D eigenvalue weighted by Crippen LogP contribution is 2.19. The van der Waals surface area contributed by atoms with Gasteiger partial charge in [0, 0.05) is 5.56 Å². The van der Waals surface area contributed by atoms with Crippen LogP contribution in [0.25, 0.3) is 10.8 Å². The van der Waals surface area contributed by atoms with Crippen LogP contribution in [0, 0.1) is 0 Å². The lowest BCUT2D eigenvalue weighted by atomic mass is 10.0. The van der Waals surface area contributed by atoms with E-state index in [1.165, 1.54) is 61.3 Å². The summed E-state index contributed by atoms with van der Waals surface area (Å²) in [6, 6.07) is 12.5. The van der Waals surface area contributed by atoms with Gasteiger partial charge in [-0.25, -0.2) is 0 Å². The van der Waals surface area contributed by atoms with E-state index in [1.54, 1.807) is 0 Å². The maximum absolute atomic E-state index is 10.9. The predicted octanol–water partition coefficient (Wildman–Crippen LogP) is 5.95. The summed E-state index contributed by atoms with van der Waals surface area (Å²) in [6.45, 7) is 2.26. The zero-order chi connectivity index (χ0) is 14.9. The molecule has 0 heterocycles. The predicted molar refractivity (Wildman–Crippen MR) is 91.0 cm³/mol. The molecule has 0 radical (unpaired) electrons. The van der Waals surface area contributed by atoms with Crippen molar-refractivity contribution in [1.29, 1.82) is 0 Å². The number of hydrogen-bond donors (Lipinski definition) is 0. The third kappa shape index (κ3) is 5.00. The number of rotatable bonds is 9. The van der Waals surface area contributed by atoms with E-state index in [1.807, 2.05) is 18.2 Å². The molecule has 2 rings (SSSR count).